The molecule has 3 rings (SSSR count). The number of methoxy groups -OCH3 is 1. The molecule has 0 aliphatic carbocycles. The summed E-state index contributed by atoms with van der Waals surface area (Å²) in [6.45, 7) is 2.44. The van der Waals surface area contributed by atoms with Crippen LogP contribution in [0.2, 0.25) is 0 Å². The molecule has 1 N–H and O–H groups in total. The van der Waals surface area contributed by atoms with Gasteiger partial charge in [0, 0.05) is 12.1 Å². The first-order valence-electron chi connectivity index (χ1n) is 9.66. The third kappa shape index (κ3) is 4.16. The quantitative estimate of drug-likeness (QED) is 0.325. The number of ketones is 1. The lowest BCUT2D eigenvalue weighted by Gasteiger charge is -2.25. The highest BCUT2D eigenvalue weighted by molar-refractivity contribution is 6.46. The number of aliphatic hydroxyl groups is 1. The molecule has 2 aromatic rings. The first kappa shape index (κ1) is 20.6. The minimum absolute atomic E-state index is 0.0169. The standard InChI is InChI=1S/C23H24FNO4/c1-3-4-5-14-25-20(15-6-10-17(24)11-7-15)19(22(27)23(25)28)21(26)16-8-12-18(29-2)13-9-16/h6-13,20,26H,3-5,14H2,1-2H3/b21-19-. The van der Waals surface area contributed by atoms with Crippen LogP contribution in [0.15, 0.2) is 54.1 Å². The molecule has 0 aromatic heterocycles. The van der Waals surface area contributed by atoms with Crippen LogP contribution < -0.4 is 4.74 Å². The van der Waals surface area contributed by atoms with E-state index >= 15 is 0 Å². The molecule has 29 heavy (non-hydrogen) atoms. The van der Waals surface area contributed by atoms with E-state index in [1.165, 1.54) is 24.1 Å². The summed E-state index contributed by atoms with van der Waals surface area (Å²) in [4.78, 5) is 27.0. The van der Waals surface area contributed by atoms with Gasteiger partial charge in [0.15, 0.2) is 0 Å². The highest BCUT2D eigenvalue weighted by Crippen LogP contribution is 2.39. The fourth-order valence-electron chi connectivity index (χ4n) is 3.54. The number of carbonyl (C=O) groups is 2. The fourth-order valence-corrected chi connectivity index (χ4v) is 3.54. The topological polar surface area (TPSA) is 66.8 Å². The Labute approximate surface area is 169 Å². The monoisotopic (exact) mass is 397 g/mol. The number of ether oxygens (including phenoxy) is 1. The average Bonchev–Trinajstić information content (AvgIpc) is 2.99. The molecule has 5 nitrogen and oxygen atoms in total. The Morgan fingerprint density at radius 2 is 1.72 bits per heavy atom. The third-order valence-corrected chi connectivity index (χ3v) is 5.09. The van der Waals surface area contributed by atoms with Crippen LogP contribution in [0, 0.1) is 5.82 Å². The van der Waals surface area contributed by atoms with Crippen LogP contribution in [0.5, 0.6) is 5.75 Å². The van der Waals surface area contributed by atoms with Crippen molar-refractivity contribution in [3.8, 4) is 5.75 Å². The van der Waals surface area contributed by atoms with Gasteiger partial charge in [-0.05, 0) is 48.4 Å². The van der Waals surface area contributed by atoms with Crippen molar-refractivity contribution in [3.63, 3.8) is 0 Å². The van der Waals surface area contributed by atoms with E-state index in [-0.39, 0.29) is 11.3 Å². The number of unbranched alkanes of at least 4 members (excludes halogenated alkanes) is 2. The number of rotatable bonds is 7. The normalized spacial score (nSPS) is 18.3. The van der Waals surface area contributed by atoms with Gasteiger partial charge in [0.05, 0.1) is 18.7 Å². The van der Waals surface area contributed by atoms with Crippen LogP contribution in [-0.4, -0.2) is 35.4 Å². The molecule has 0 spiro atoms. The number of halogens is 1. The van der Waals surface area contributed by atoms with Gasteiger partial charge in [-0.3, -0.25) is 9.59 Å². The number of hydrogen-bond acceptors (Lipinski definition) is 4. The van der Waals surface area contributed by atoms with Crippen LogP contribution in [0.4, 0.5) is 4.39 Å². The lowest BCUT2D eigenvalue weighted by molar-refractivity contribution is -0.139. The number of nitrogens with zero attached hydrogens (tertiary/aromatic N) is 1. The minimum atomic E-state index is -0.755. The fraction of sp³-hybridized carbons (Fsp3) is 0.304. The Kier molecular flexibility index (Phi) is 6.32. The molecule has 1 unspecified atom stereocenters. The molecule has 2 aromatic carbocycles. The smallest absolute Gasteiger partial charge is 0.295 e. The lowest BCUT2D eigenvalue weighted by atomic mass is 9.95. The van der Waals surface area contributed by atoms with Crippen molar-refractivity contribution in [2.24, 2.45) is 0 Å². The van der Waals surface area contributed by atoms with Gasteiger partial charge >= 0.3 is 0 Å². The summed E-state index contributed by atoms with van der Waals surface area (Å²) in [5.74, 6) is -1.43. The van der Waals surface area contributed by atoms with E-state index in [1.807, 2.05) is 0 Å². The summed E-state index contributed by atoms with van der Waals surface area (Å²) >= 11 is 0. The molecule has 1 saturated heterocycles. The van der Waals surface area contributed by atoms with E-state index in [0.717, 1.165) is 19.3 Å². The summed E-state index contributed by atoms with van der Waals surface area (Å²) in [5.41, 5.74) is 1.00. The predicted octanol–water partition coefficient (Wildman–Crippen LogP) is 4.45. The van der Waals surface area contributed by atoms with Gasteiger partial charge in [-0.2, -0.15) is 0 Å². The molecule has 6 heteroatoms. The van der Waals surface area contributed by atoms with E-state index in [2.05, 4.69) is 6.92 Å². The first-order valence-corrected chi connectivity index (χ1v) is 9.66. The Balaban J connectivity index is 2.09. The maximum atomic E-state index is 13.4. The number of carbonyl (C=O) groups excluding carboxylic acids is 2. The maximum Gasteiger partial charge on any atom is 0.295 e. The van der Waals surface area contributed by atoms with Gasteiger partial charge in [0.25, 0.3) is 11.7 Å². The highest BCUT2D eigenvalue weighted by atomic mass is 19.1. The van der Waals surface area contributed by atoms with Crippen LogP contribution in [-0.2, 0) is 9.59 Å². The SMILES string of the molecule is CCCCCN1C(=O)C(=O)/C(=C(\O)c2ccc(OC)cc2)C1c1ccc(F)cc1. The number of aliphatic hydroxyl groups excluding tert-OH is 1. The molecule has 0 bridgehead atoms. The molecular weight excluding hydrogens is 373 g/mol. The van der Waals surface area contributed by atoms with Crippen molar-refractivity contribution in [2.75, 3.05) is 13.7 Å². The van der Waals surface area contributed by atoms with Gasteiger partial charge in [0.2, 0.25) is 0 Å². The molecule has 1 heterocycles. The minimum Gasteiger partial charge on any atom is -0.507 e. The van der Waals surface area contributed by atoms with Gasteiger partial charge in [-0.1, -0.05) is 31.9 Å². The zero-order valence-electron chi connectivity index (χ0n) is 16.5. The molecule has 1 aliphatic rings. The summed E-state index contributed by atoms with van der Waals surface area (Å²) in [5, 5.41) is 10.9. The molecule has 1 fully saturated rings. The Morgan fingerprint density at radius 1 is 1.07 bits per heavy atom. The summed E-state index contributed by atoms with van der Waals surface area (Å²) in [7, 11) is 1.53. The molecule has 0 saturated carbocycles. The summed E-state index contributed by atoms with van der Waals surface area (Å²) in [6, 6.07) is 11.5. The molecule has 0 radical (unpaired) electrons. The van der Waals surface area contributed by atoms with Crippen molar-refractivity contribution in [2.45, 2.75) is 32.2 Å². The largest absolute Gasteiger partial charge is 0.507 e. The Morgan fingerprint density at radius 3 is 2.31 bits per heavy atom. The number of hydrogen-bond donors (Lipinski definition) is 1. The zero-order valence-corrected chi connectivity index (χ0v) is 16.5. The lowest BCUT2D eigenvalue weighted by Crippen LogP contribution is -2.30. The number of Topliss-reactive ketones (excluding diaryl/α,β-unsaturated/α-hetero) is 1. The highest BCUT2D eigenvalue weighted by Gasteiger charge is 2.45. The van der Waals surface area contributed by atoms with Crippen molar-refractivity contribution in [1.29, 1.82) is 0 Å². The van der Waals surface area contributed by atoms with E-state index in [1.54, 1.807) is 36.4 Å². The second-order valence-electron chi connectivity index (χ2n) is 6.98. The molecule has 152 valence electrons. The number of benzene rings is 2. The van der Waals surface area contributed by atoms with Gasteiger partial charge in [-0.15, -0.1) is 0 Å². The summed E-state index contributed by atoms with van der Waals surface area (Å²) in [6.07, 6.45) is 2.62. The molecule has 1 atom stereocenters. The summed E-state index contributed by atoms with van der Waals surface area (Å²) < 4.78 is 18.6. The van der Waals surface area contributed by atoms with E-state index in [9.17, 15) is 19.1 Å². The van der Waals surface area contributed by atoms with Gasteiger partial charge in [-0.25, -0.2) is 4.39 Å². The molecule has 1 aliphatic heterocycles. The van der Waals surface area contributed by atoms with Crippen LogP contribution in [0.1, 0.15) is 43.4 Å². The third-order valence-electron chi connectivity index (χ3n) is 5.09. The van der Waals surface area contributed by atoms with E-state index in [4.69, 9.17) is 4.74 Å². The van der Waals surface area contributed by atoms with Gasteiger partial charge < -0.3 is 14.7 Å². The zero-order chi connectivity index (χ0) is 21.0. The number of likely N-dealkylation sites (tertiary alicyclic amines) is 1. The number of amides is 1. The van der Waals surface area contributed by atoms with Crippen molar-refractivity contribution < 1.29 is 23.8 Å². The first-order chi connectivity index (χ1) is 14.0. The van der Waals surface area contributed by atoms with Crippen LogP contribution >= 0.6 is 0 Å². The maximum absolute atomic E-state index is 13.4. The van der Waals surface area contributed by atoms with Crippen molar-refractivity contribution in [3.05, 3.63) is 71.0 Å². The average molecular weight is 397 g/mol. The van der Waals surface area contributed by atoms with E-state index in [0.29, 0.717) is 23.4 Å². The van der Waals surface area contributed by atoms with Crippen LogP contribution in [0.3, 0.4) is 0 Å². The second-order valence-corrected chi connectivity index (χ2v) is 6.98. The van der Waals surface area contributed by atoms with Crippen molar-refractivity contribution in [1.82, 2.24) is 4.90 Å². The Hall–Kier alpha value is -3.15. The second kappa shape index (κ2) is 8.90. The van der Waals surface area contributed by atoms with E-state index < -0.39 is 23.5 Å². The molecular formula is C23H24FNO4. The van der Waals surface area contributed by atoms with Crippen LogP contribution in [0.25, 0.3) is 5.76 Å². The van der Waals surface area contributed by atoms with Crippen molar-refractivity contribution >= 4 is 17.4 Å². The Bertz CT molecular complexity index is 919. The molecule has 1 amide bonds. The predicted molar refractivity (Wildman–Crippen MR) is 108 cm³/mol. The van der Waals surface area contributed by atoms with Gasteiger partial charge in [0.1, 0.15) is 17.3 Å².